The lowest BCUT2D eigenvalue weighted by molar-refractivity contribution is -0.146. The van der Waals surface area contributed by atoms with Crippen molar-refractivity contribution in [2.24, 2.45) is 0 Å². The van der Waals surface area contributed by atoms with Gasteiger partial charge in [-0.3, -0.25) is 9.00 Å². The van der Waals surface area contributed by atoms with Gasteiger partial charge in [0.15, 0.2) is 0 Å². The highest BCUT2D eigenvalue weighted by Crippen LogP contribution is 2.20. The van der Waals surface area contributed by atoms with E-state index in [0.29, 0.717) is 11.3 Å². The number of allylic oxidation sites excluding steroid dienone is 1. The number of rotatable bonds is 15. The Morgan fingerprint density at radius 3 is 2.07 bits per heavy atom. The molecule has 28 heavy (non-hydrogen) atoms. The van der Waals surface area contributed by atoms with Gasteiger partial charge >= 0.3 is 5.97 Å². The lowest BCUT2D eigenvalue weighted by atomic mass is 10.1. The Kier molecular flexibility index (Phi) is 12.8. The lowest BCUT2D eigenvalue weighted by Gasteiger charge is -2.17. The molecule has 0 fully saturated rings. The molecule has 1 rings (SSSR count). The molecule has 4 heteroatoms. The number of carbonyl (C=O) groups excluding carboxylic acids is 1. The van der Waals surface area contributed by atoms with Gasteiger partial charge in [0.2, 0.25) is 0 Å². The highest BCUT2D eigenvalue weighted by Gasteiger charge is 2.28. The highest BCUT2D eigenvalue weighted by atomic mass is 32.2. The Morgan fingerprint density at radius 1 is 1.00 bits per heavy atom. The zero-order valence-corrected chi connectivity index (χ0v) is 18.8. The van der Waals surface area contributed by atoms with Crippen LogP contribution in [0.2, 0.25) is 0 Å². The van der Waals surface area contributed by atoms with Gasteiger partial charge in [-0.2, -0.15) is 0 Å². The molecule has 0 N–H and O–H groups in total. The first-order valence-corrected chi connectivity index (χ1v) is 12.0. The molecule has 0 saturated heterocycles. The topological polar surface area (TPSA) is 43.4 Å². The minimum atomic E-state index is -1.37. The fourth-order valence-corrected chi connectivity index (χ4v) is 4.48. The first-order chi connectivity index (χ1) is 13.5. The van der Waals surface area contributed by atoms with Crippen molar-refractivity contribution in [2.45, 2.75) is 101 Å². The summed E-state index contributed by atoms with van der Waals surface area (Å²) in [5, 5.41) is -0.580. The minimum absolute atomic E-state index is 0.189. The monoisotopic (exact) mass is 406 g/mol. The number of aryl methyl sites for hydroxylation is 1. The zero-order chi connectivity index (χ0) is 20.8. The Bertz CT molecular complexity index is 592. The molecule has 0 amide bonds. The third kappa shape index (κ3) is 10.2. The van der Waals surface area contributed by atoms with E-state index in [2.05, 4.69) is 6.58 Å². The third-order valence-electron chi connectivity index (χ3n) is 4.75. The molecule has 0 aromatic heterocycles. The Balaban J connectivity index is 2.44. The van der Waals surface area contributed by atoms with Gasteiger partial charge in [-0.05, 0) is 52.2 Å². The molecule has 0 heterocycles. The van der Waals surface area contributed by atoms with E-state index in [1.807, 2.05) is 51.1 Å². The summed E-state index contributed by atoms with van der Waals surface area (Å²) < 4.78 is 18.4. The summed E-state index contributed by atoms with van der Waals surface area (Å²) in [4.78, 5) is 13.2. The van der Waals surface area contributed by atoms with Crippen molar-refractivity contribution in [1.82, 2.24) is 0 Å². The molecule has 2 atom stereocenters. The fourth-order valence-electron chi connectivity index (χ4n) is 3.14. The molecule has 0 saturated carbocycles. The van der Waals surface area contributed by atoms with Crippen molar-refractivity contribution in [1.29, 1.82) is 0 Å². The van der Waals surface area contributed by atoms with E-state index in [1.54, 1.807) is 0 Å². The van der Waals surface area contributed by atoms with Crippen LogP contribution in [0, 0.1) is 6.92 Å². The molecule has 0 aliphatic carbocycles. The van der Waals surface area contributed by atoms with Gasteiger partial charge in [-0.25, -0.2) is 0 Å². The largest absolute Gasteiger partial charge is 0.462 e. The Hall–Kier alpha value is -1.42. The predicted molar refractivity (Wildman–Crippen MR) is 119 cm³/mol. The van der Waals surface area contributed by atoms with Crippen molar-refractivity contribution < 1.29 is 13.7 Å². The van der Waals surface area contributed by atoms with Crippen molar-refractivity contribution in [3.05, 3.63) is 42.5 Å². The second-order valence-electron chi connectivity index (χ2n) is 7.78. The van der Waals surface area contributed by atoms with Crippen LogP contribution in [-0.4, -0.2) is 21.5 Å². The number of benzene rings is 1. The van der Waals surface area contributed by atoms with Crippen LogP contribution < -0.4 is 0 Å². The summed E-state index contributed by atoms with van der Waals surface area (Å²) in [5.74, 6) is -0.337. The number of ether oxygens (including phenoxy) is 1. The number of esters is 1. The summed E-state index contributed by atoms with van der Waals surface area (Å²) in [7, 11) is -1.37. The first kappa shape index (κ1) is 24.6. The molecule has 0 radical (unpaired) electrons. The van der Waals surface area contributed by atoms with Gasteiger partial charge in [0.25, 0.3) is 0 Å². The summed E-state index contributed by atoms with van der Waals surface area (Å²) >= 11 is 0. The maximum absolute atomic E-state index is 13.0. The van der Waals surface area contributed by atoms with Gasteiger partial charge in [0.1, 0.15) is 5.25 Å². The lowest BCUT2D eigenvalue weighted by Crippen LogP contribution is -2.30. The van der Waals surface area contributed by atoms with Crippen LogP contribution in [0.1, 0.15) is 83.6 Å². The Labute approximate surface area is 174 Å². The van der Waals surface area contributed by atoms with Crippen molar-refractivity contribution in [3.8, 4) is 0 Å². The predicted octanol–water partition coefficient (Wildman–Crippen LogP) is 6.51. The summed E-state index contributed by atoms with van der Waals surface area (Å²) in [6, 6.07) is 7.58. The van der Waals surface area contributed by atoms with Crippen LogP contribution in [0.15, 0.2) is 41.8 Å². The molecule has 1 unspecified atom stereocenters. The standard InChI is InChI=1S/C24H38O3S/c1-5-6-7-8-9-10-11-12-13-14-15-23(24(25)27-20(2)3)28(26)22-18-16-21(4)17-19-22/h5,16-20,23H,1,6-15H2,2-4H3/t23?,28-/m0/s1. The van der Waals surface area contributed by atoms with Gasteiger partial charge in [0.05, 0.1) is 16.9 Å². The molecular formula is C24H38O3S. The van der Waals surface area contributed by atoms with E-state index in [0.717, 1.165) is 24.8 Å². The summed E-state index contributed by atoms with van der Waals surface area (Å²) in [5.41, 5.74) is 1.12. The van der Waals surface area contributed by atoms with E-state index in [4.69, 9.17) is 4.74 Å². The quantitative estimate of drug-likeness (QED) is 0.189. The number of carbonyl (C=O) groups is 1. The molecule has 0 aliphatic heterocycles. The molecule has 0 bridgehead atoms. The van der Waals surface area contributed by atoms with Crippen molar-refractivity contribution >= 4 is 16.8 Å². The van der Waals surface area contributed by atoms with E-state index in [1.165, 1.54) is 38.5 Å². The Morgan fingerprint density at radius 2 is 1.54 bits per heavy atom. The second kappa shape index (κ2) is 14.6. The fraction of sp³-hybridized carbons (Fsp3) is 0.625. The van der Waals surface area contributed by atoms with Gasteiger partial charge in [-0.1, -0.05) is 68.7 Å². The molecule has 158 valence electrons. The number of unbranched alkanes of at least 4 members (excludes halogenated alkanes) is 8. The van der Waals surface area contributed by atoms with Crippen LogP contribution in [0.4, 0.5) is 0 Å². The minimum Gasteiger partial charge on any atom is -0.462 e. The molecule has 0 spiro atoms. The average Bonchev–Trinajstić information content (AvgIpc) is 2.65. The molecule has 1 aromatic rings. The molecule has 0 aliphatic rings. The van der Waals surface area contributed by atoms with E-state index >= 15 is 0 Å². The second-order valence-corrected chi connectivity index (χ2v) is 9.41. The normalized spacial score (nSPS) is 13.3. The number of hydrogen-bond acceptors (Lipinski definition) is 3. The first-order valence-electron chi connectivity index (χ1n) is 10.7. The molecular weight excluding hydrogens is 368 g/mol. The average molecular weight is 407 g/mol. The van der Waals surface area contributed by atoms with E-state index in [9.17, 15) is 9.00 Å². The van der Waals surface area contributed by atoms with Gasteiger partial charge in [0, 0.05) is 4.90 Å². The molecule has 3 nitrogen and oxygen atoms in total. The number of hydrogen-bond donors (Lipinski definition) is 0. The van der Waals surface area contributed by atoms with Crippen LogP contribution in [0.3, 0.4) is 0 Å². The van der Waals surface area contributed by atoms with Crippen molar-refractivity contribution in [2.75, 3.05) is 0 Å². The summed E-state index contributed by atoms with van der Waals surface area (Å²) in [6.45, 7) is 9.41. The van der Waals surface area contributed by atoms with E-state index in [-0.39, 0.29) is 12.1 Å². The smallest absolute Gasteiger partial charge is 0.322 e. The van der Waals surface area contributed by atoms with Crippen LogP contribution in [0.25, 0.3) is 0 Å². The zero-order valence-electron chi connectivity index (χ0n) is 18.0. The molecule has 1 aromatic carbocycles. The maximum Gasteiger partial charge on any atom is 0.322 e. The van der Waals surface area contributed by atoms with Crippen LogP contribution >= 0.6 is 0 Å². The summed E-state index contributed by atoms with van der Waals surface area (Å²) in [6.07, 6.45) is 13.0. The maximum atomic E-state index is 13.0. The SMILES string of the molecule is C=CCCCCCCCCCCC(C(=O)OC(C)C)[S@@](=O)c1ccc(C)cc1. The highest BCUT2D eigenvalue weighted by molar-refractivity contribution is 7.86. The van der Waals surface area contributed by atoms with Crippen LogP contribution in [0.5, 0.6) is 0 Å². The van der Waals surface area contributed by atoms with Gasteiger partial charge in [-0.15, -0.1) is 6.58 Å². The van der Waals surface area contributed by atoms with Gasteiger partial charge < -0.3 is 4.74 Å². The van der Waals surface area contributed by atoms with E-state index < -0.39 is 16.0 Å². The van der Waals surface area contributed by atoms with Crippen molar-refractivity contribution in [3.63, 3.8) is 0 Å². The third-order valence-corrected chi connectivity index (χ3v) is 6.43. The van der Waals surface area contributed by atoms with Crippen LogP contribution in [-0.2, 0) is 20.3 Å².